The Morgan fingerprint density at radius 2 is 1.62 bits per heavy atom. The van der Waals surface area contributed by atoms with E-state index in [2.05, 4.69) is 41.0 Å². The second-order valence-electron chi connectivity index (χ2n) is 9.61. The van der Waals surface area contributed by atoms with Crippen molar-refractivity contribution in [3.63, 3.8) is 0 Å². The van der Waals surface area contributed by atoms with Crippen LogP contribution in [0.15, 0.2) is 21.9 Å². The van der Waals surface area contributed by atoms with Crippen LogP contribution >= 0.6 is 0 Å². The summed E-state index contributed by atoms with van der Waals surface area (Å²) < 4.78 is 0. The third-order valence-corrected chi connectivity index (χ3v) is 8.33. The zero-order valence-corrected chi connectivity index (χ0v) is 17.3. The van der Waals surface area contributed by atoms with Crippen LogP contribution in [0, 0.1) is 28.6 Å². The first-order valence-electron chi connectivity index (χ1n) is 10.7. The molecule has 0 saturated heterocycles. The highest BCUT2D eigenvalue weighted by Gasteiger charge is 2.58. The lowest BCUT2D eigenvalue weighted by molar-refractivity contribution is -0.0155. The first-order chi connectivity index (χ1) is 13.7. The highest BCUT2D eigenvalue weighted by atomic mass is 16.2. The molecule has 0 radical (unpaired) electrons. The molecule has 3 fully saturated rings. The summed E-state index contributed by atoms with van der Waals surface area (Å²) in [4.78, 5) is 22.1. The number of primary amides is 2. The number of rotatable bonds is 2. The lowest BCUT2D eigenvalue weighted by Crippen LogP contribution is -2.50. The van der Waals surface area contributed by atoms with Crippen molar-refractivity contribution in [3.05, 3.63) is 11.6 Å². The molecule has 0 heterocycles. The van der Waals surface area contributed by atoms with Gasteiger partial charge in [0, 0.05) is 11.1 Å². The zero-order chi connectivity index (χ0) is 20.8. The molecule has 4 rings (SSSR count). The molecule has 4 aliphatic carbocycles. The van der Waals surface area contributed by atoms with Gasteiger partial charge in [0.05, 0.1) is 5.71 Å². The van der Waals surface area contributed by atoms with Gasteiger partial charge in [0.1, 0.15) is 0 Å². The van der Waals surface area contributed by atoms with Gasteiger partial charge in [-0.3, -0.25) is 0 Å². The Balaban J connectivity index is 1.57. The number of carbonyl (C=O) groups is 2. The van der Waals surface area contributed by atoms with E-state index < -0.39 is 12.1 Å². The van der Waals surface area contributed by atoms with Crippen molar-refractivity contribution in [1.82, 2.24) is 10.9 Å². The van der Waals surface area contributed by atoms with Crippen LogP contribution in [-0.4, -0.2) is 23.5 Å². The number of hydrogen-bond acceptors (Lipinski definition) is 4. The van der Waals surface area contributed by atoms with Crippen LogP contribution in [0.4, 0.5) is 9.59 Å². The van der Waals surface area contributed by atoms with Crippen LogP contribution in [0.5, 0.6) is 0 Å². The number of amides is 4. The number of allylic oxidation sites excluding steroid dienone is 2. The molecule has 158 valence electrons. The van der Waals surface area contributed by atoms with E-state index in [0.717, 1.165) is 49.9 Å². The number of fused-ring (bicyclic) bond motifs is 5. The molecule has 0 aromatic rings. The minimum absolute atomic E-state index is 0.0634. The molecule has 3 saturated carbocycles. The molecule has 0 aromatic carbocycles. The van der Waals surface area contributed by atoms with Crippen molar-refractivity contribution in [3.8, 4) is 0 Å². The highest BCUT2D eigenvalue weighted by Crippen LogP contribution is 2.64. The van der Waals surface area contributed by atoms with E-state index in [9.17, 15) is 9.59 Å². The van der Waals surface area contributed by atoms with Crippen LogP contribution in [0.3, 0.4) is 0 Å². The van der Waals surface area contributed by atoms with Crippen molar-refractivity contribution >= 4 is 23.5 Å². The van der Waals surface area contributed by atoms with Gasteiger partial charge < -0.3 is 11.5 Å². The quantitative estimate of drug-likeness (QED) is 0.530. The number of carbonyl (C=O) groups excluding carboxylic acids is 2. The summed E-state index contributed by atoms with van der Waals surface area (Å²) >= 11 is 0. The molecule has 4 amide bonds. The molecule has 8 nitrogen and oxygen atoms in total. The third kappa shape index (κ3) is 3.32. The third-order valence-electron chi connectivity index (χ3n) is 8.33. The second kappa shape index (κ2) is 7.15. The molecule has 0 spiro atoms. The highest BCUT2D eigenvalue weighted by molar-refractivity contribution is 5.97. The SMILES string of the molecule is C[C@]12CC/C(=N/NC(N)=O)C=C1CC[C@@H]1[C@H]2CC[C@]2(C)/C(=N/NC(N)=O)CC[C@H]12. The smallest absolute Gasteiger partial charge is 0.332 e. The van der Waals surface area contributed by atoms with E-state index in [1.165, 1.54) is 18.4 Å². The summed E-state index contributed by atoms with van der Waals surface area (Å²) in [6.07, 6.45) is 10.7. The van der Waals surface area contributed by atoms with Gasteiger partial charge in [-0.05, 0) is 80.6 Å². The molecule has 0 aliphatic heterocycles. The van der Waals surface area contributed by atoms with Gasteiger partial charge in [-0.25, -0.2) is 20.4 Å². The molecule has 0 bridgehead atoms. The number of hydrazone groups is 2. The number of nitrogens with zero attached hydrogens (tertiary/aromatic N) is 2. The monoisotopic (exact) mass is 400 g/mol. The van der Waals surface area contributed by atoms with E-state index in [1.807, 2.05) is 0 Å². The first kappa shape index (κ1) is 19.9. The maximum absolute atomic E-state index is 11.1. The van der Waals surface area contributed by atoms with Gasteiger partial charge in [-0.1, -0.05) is 19.4 Å². The lowest BCUT2D eigenvalue weighted by atomic mass is 9.47. The number of nitrogens with two attached hydrogens (primary N) is 2. The molecule has 8 heteroatoms. The largest absolute Gasteiger partial charge is 0.350 e. The first-order valence-corrected chi connectivity index (χ1v) is 10.7. The van der Waals surface area contributed by atoms with E-state index in [1.54, 1.807) is 0 Å². The van der Waals surface area contributed by atoms with E-state index in [0.29, 0.717) is 17.8 Å². The van der Waals surface area contributed by atoms with Gasteiger partial charge >= 0.3 is 12.1 Å². The number of nitrogens with one attached hydrogen (secondary N) is 2. The maximum Gasteiger partial charge on any atom is 0.332 e. The van der Waals surface area contributed by atoms with E-state index in [-0.39, 0.29) is 10.8 Å². The fraction of sp³-hybridized carbons (Fsp3) is 0.714. The molecule has 29 heavy (non-hydrogen) atoms. The van der Waals surface area contributed by atoms with Gasteiger partial charge in [0.25, 0.3) is 0 Å². The van der Waals surface area contributed by atoms with Crippen molar-refractivity contribution in [2.24, 2.45) is 50.3 Å². The predicted molar refractivity (Wildman–Crippen MR) is 112 cm³/mol. The standard InChI is InChI=1S/C21H32N6O2/c1-20-9-7-13(24-26-18(22)28)11-12(20)3-4-14-15-5-6-17(25-27-19(23)29)21(15,2)10-8-16(14)20/h11,14-16H,3-10H2,1-2H3,(H3,22,26,28)(H3,23,27,29)/b24-13-,25-17+/t14-,15+,16+,20-,21-/m0/s1. The van der Waals surface area contributed by atoms with Crippen molar-refractivity contribution < 1.29 is 9.59 Å². The maximum atomic E-state index is 11.1. The van der Waals surface area contributed by atoms with Crippen LogP contribution in [0.2, 0.25) is 0 Å². The Hall–Kier alpha value is -2.38. The number of hydrogen-bond donors (Lipinski definition) is 4. The Labute approximate surface area is 171 Å². The van der Waals surface area contributed by atoms with Crippen LogP contribution in [0.1, 0.15) is 65.2 Å². The van der Waals surface area contributed by atoms with Gasteiger partial charge in [-0.15, -0.1) is 0 Å². The average molecular weight is 401 g/mol. The van der Waals surface area contributed by atoms with Crippen molar-refractivity contribution in [1.29, 1.82) is 0 Å². The molecule has 0 aromatic heterocycles. The van der Waals surface area contributed by atoms with Crippen LogP contribution < -0.4 is 22.3 Å². The summed E-state index contributed by atoms with van der Waals surface area (Å²) in [6.45, 7) is 4.76. The second-order valence-corrected chi connectivity index (χ2v) is 9.61. The predicted octanol–water partition coefficient (Wildman–Crippen LogP) is 3.00. The van der Waals surface area contributed by atoms with Crippen LogP contribution in [0.25, 0.3) is 0 Å². The fourth-order valence-corrected chi connectivity index (χ4v) is 6.88. The molecular formula is C21H32N6O2. The molecule has 6 N–H and O–H groups in total. The molecular weight excluding hydrogens is 368 g/mol. The molecule has 0 unspecified atom stereocenters. The summed E-state index contributed by atoms with van der Waals surface area (Å²) in [6, 6.07) is -1.22. The van der Waals surface area contributed by atoms with Crippen LogP contribution in [-0.2, 0) is 0 Å². The Bertz CT molecular complexity index is 818. The average Bonchev–Trinajstić information content (AvgIpc) is 3.01. The molecule has 5 atom stereocenters. The topological polar surface area (TPSA) is 135 Å². The van der Waals surface area contributed by atoms with E-state index in [4.69, 9.17) is 11.5 Å². The summed E-state index contributed by atoms with van der Waals surface area (Å²) in [5.74, 6) is 1.95. The Morgan fingerprint density at radius 3 is 2.34 bits per heavy atom. The Morgan fingerprint density at radius 1 is 0.931 bits per heavy atom. The van der Waals surface area contributed by atoms with Crippen molar-refractivity contribution in [2.75, 3.05) is 0 Å². The summed E-state index contributed by atoms with van der Waals surface area (Å²) in [5, 5.41) is 8.55. The van der Waals surface area contributed by atoms with Gasteiger partial charge in [0.15, 0.2) is 0 Å². The fourth-order valence-electron chi connectivity index (χ4n) is 6.88. The van der Waals surface area contributed by atoms with Gasteiger partial charge in [-0.2, -0.15) is 10.2 Å². The zero-order valence-electron chi connectivity index (χ0n) is 17.3. The minimum atomic E-state index is -0.621. The minimum Gasteiger partial charge on any atom is -0.350 e. The van der Waals surface area contributed by atoms with Crippen molar-refractivity contribution in [2.45, 2.75) is 65.2 Å². The normalized spacial score (nSPS) is 41.2. The summed E-state index contributed by atoms with van der Waals surface area (Å²) in [5.41, 5.74) is 19.0. The van der Waals surface area contributed by atoms with Gasteiger partial charge in [0.2, 0.25) is 0 Å². The molecule has 4 aliphatic rings. The summed E-state index contributed by atoms with van der Waals surface area (Å²) in [7, 11) is 0. The Kier molecular flexibility index (Phi) is 4.91. The number of urea groups is 2. The lowest BCUT2D eigenvalue weighted by Gasteiger charge is -2.57. The van der Waals surface area contributed by atoms with E-state index >= 15 is 0 Å².